The van der Waals surface area contributed by atoms with Crippen molar-refractivity contribution in [2.24, 2.45) is 10.9 Å². The molecule has 0 fully saturated rings. The molecule has 0 aliphatic rings. The first-order valence-corrected chi connectivity index (χ1v) is 4.27. The van der Waals surface area contributed by atoms with Crippen molar-refractivity contribution in [3.05, 3.63) is 0 Å². The summed E-state index contributed by atoms with van der Waals surface area (Å²) in [4.78, 5) is 4.28. The predicted octanol–water partition coefficient (Wildman–Crippen LogP) is 2.90. The first-order chi connectivity index (χ1) is 4.77. The van der Waals surface area contributed by atoms with Crippen molar-refractivity contribution < 1.29 is 0 Å². The van der Waals surface area contributed by atoms with E-state index < -0.39 is 0 Å². The Morgan fingerprint density at radius 2 is 2.00 bits per heavy atom. The molecule has 1 nitrogen and oxygen atoms in total. The standard InChI is InChI=1S/C9H19N/c1-4-5-6-7-10-8-9(2)3/h8-9H,4-7H2,1-3H3. The van der Waals surface area contributed by atoms with Crippen molar-refractivity contribution in [1.82, 2.24) is 0 Å². The molecule has 0 atom stereocenters. The fourth-order valence-corrected chi connectivity index (χ4v) is 0.738. The van der Waals surface area contributed by atoms with Crippen molar-refractivity contribution >= 4 is 6.21 Å². The lowest BCUT2D eigenvalue weighted by Gasteiger charge is -1.94. The summed E-state index contributed by atoms with van der Waals surface area (Å²) in [6, 6.07) is 0. The van der Waals surface area contributed by atoms with Crippen LogP contribution in [-0.2, 0) is 0 Å². The van der Waals surface area contributed by atoms with Gasteiger partial charge in [0.2, 0.25) is 0 Å². The van der Waals surface area contributed by atoms with Gasteiger partial charge in [0.15, 0.2) is 0 Å². The molecule has 0 aromatic rings. The normalized spacial score (nSPS) is 11.6. The Hall–Kier alpha value is -0.330. The van der Waals surface area contributed by atoms with E-state index in [-0.39, 0.29) is 0 Å². The summed E-state index contributed by atoms with van der Waals surface area (Å²) >= 11 is 0. The lowest BCUT2D eigenvalue weighted by molar-refractivity contribution is 0.725. The Bertz CT molecular complexity index is 84.7. The molecule has 60 valence electrons. The topological polar surface area (TPSA) is 12.4 Å². The molecule has 0 unspecified atom stereocenters. The number of rotatable bonds is 5. The van der Waals surface area contributed by atoms with Crippen LogP contribution in [0.5, 0.6) is 0 Å². The second-order valence-corrected chi connectivity index (χ2v) is 3.01. The fraction of sp³-hybridized carbons (Fsp3) is 0.889. The molecule has 0 heterocycles. The monoisotopic (exact) mass is 141 g/mol. The highest BCUT2D eigenvalue weighted by Crippen LogP contribution is 1.94. The van der Waals surface area contributed by atoms with E-state index in [1.54, 1.807) is 0 Å². The number of hydrogen-bond donors (Lipinski definition) is 0. The number of nitrogens with zero attached hydrogens (tertiary/aromatic N) is 1. The third-order valence-corrected chi connectivity index (χ3v) is 1.29. The van der Waals surface area contributed by atoms with Crippen LogP contribution in [0.25, 0.3) is 0 Å². The second kappa shape index (κ2) is 6.79. The summed E-state index contributed by atoms with van der Waals surface area (Å²) in [5.41, 5.74) is 0. The van der Waals surface area contributed by atoms with Crippen molar-refractivity contribution in [1.29, 1.82) is 0 Å². The van der Waals surface area contributed by atoms with Gasteiger partial charge in [-0.3, -0.25) is 4.99 Å². The molecule has 0 amide bonds. The fourth-order valence-electron chi connectivity index (χ4n) is 0.738. The number of unbranched alkanes of at least 4 members (excludes halogenated alkanes) is 2. The Morgan fingerprint density at radius 3 is 2.50 bits per heavy atom. The van der Waals surface area contributed by atoms with Crippen LogP contribution in [0.4, 0.5) is 0 Å². The van der Waals surface area contributed by atoms with Crippen molar-refractivity contribution in [2.45, 2.75) is 40.0 Å². The van der Waals surface area contributed by atoms with Crippen LogP contribution in [-0.4, -0.2) is 12.8 Å². The van der Waals surface area contributed by atoms with Gasteiger partial charge in [-0.2, -0.15) is 0 Å². The maximum Gasteiger partial charge on any atom is 0.0385 e. The second-order valence-electron chi connectivity index (χ2n) is 3.01. The first-order valence-electron chi connectivity index (χ1n) is 4.27. The smallest absolute Gasteiger partial charge is 0.0385 e. The molecular formula is C9H19N. The molecule has 0 saturated carbocycles. The maximum atomic E-state index is 4.28. The zero-order valence-electron chi connectivity index (χ0n) is 7.43. The third kappa shape index (κ3) is 7.67. The minimum absolute atomic E-state index is 0.613. The van der Waals surface area contributed by atoms with E-state index >= 15 is 0 Å². The van der Waals surface area contributed by atoms with Crippen molar-refractivity contribution in [3.63, 3.8) is 0 Å². The van der Waals surface area contributed by atoms with Gasteiger partial charge in [-0.25, -0.2) is 0 Å². The van der Waals surface area contributed by atoms with Gasteiger partial charge in [-0.1, -0.05) is 33.6 Å². The van der Waals surface area contributed by atoms with Crippen LogP contribution in [0.2, 0.25) is 0 Å². The largest absolute Gasteiger partial charge is 0.297 e. The molecule has 0 saturated heterocycles. The molecule has 10 heavy (non-hydrogen) atoms. The molecule has 0 aromatic carbocycles. The van der Waals surface area contributed by atoms with Crippen molar-refractivity contribution in [2.75, 3.05) is 6.54 Å². The summed E-state index contributed by atoms with van der Waals surface area (Å²) in [6.07, 6.45) is 5.89. The van der Waals surface area contributed by atoms with Crippen LogP contribution >= 0.6 is 0 Å². The predicted molar refractivity (Wildman–Crippen MR) is 47.7 cm³/mol. The SMILES string of the molecule is CCCCCN=CC(C)C. The van der Waals surface area contributed by atoms with Gasteiger partial charge in [0.25, 0.3) is 0 Å². The van der Waals surface area contributed by atoms with Gasteiger partial charge < -0.3 is 0 Å². The Kier molecular flexibility index (Phi) is 6.56. The molecule has 0 bridgehead atoms. The molecular weight excluding hydrogens is 122 g/mol. The minimum atomic E-state index is 0.613. The molecule has 0 spiro atoms. The van der Waals surface area contributed by atoms with E-state index in [1.807, 2.05) is 6.21 Å². The van der Waals surface area contributed by atoms with Gasteiger partial charge in [-0.05, 0) is 12.3 Å². The van der Waals surface area contributed by atoms with Crippen LogP contribution in [0.1, 0.15) is 40.0 Å². The van der Waals surface area contributed by atoms with Gasteiger partial charge in [0.1, 0.15) is 0 Å². The summed E-state index contributed by atoms with van der Waals surface area (Å²) in [7, 11) is 0. The Balaban J connectivity index is 3.02. The molecule has 0 radical (unpaired) electrons. The highest BCUT2D eigenvalue weighted by Gasteiger charge is 1.84. The van der Waals surface area contributed by atoms with Gasteiger partial charge in [-0.15, -0.1) is 0 Å². The molecule has 0 aromatic heterocycles. The van der Waals surface area contributed by atoms with Crippen LogP contribution in [0, 0.1) is 5.92 Å². The zero-order valence-corrected chi connectivity index (χ0v) is 7.43. The van der Waals surface area contributed by atoms with Gasteiger partial charge in [0, 0.05) is 12.8 Å². The lowest BCUT2D eigenvalue weighted by Crippen LogP contribution is -1.89. The van der Waals surface area contributed by atoms with E-state index in [4.69, 9.17) is 0 Å². The lowest BCUT2D eigenvalue weighted by atomic mass is 10.2. The minimum Gasteiger partial charge on any atom is -0.297 e. The van der Waals surface area contributed by atoms with E-state index in [1.165, 1.54) is 19.3 Å². The van der Waals surface area contributed by atoms with E-state index in [9.17, 15) is 0 Å². The van der Waals surface area contributed by atoms with Crippen LogP contribution in [0.3, 0.4) is 0 Å². The molecule has 1 heteroatoms. The summed E-state index contributed by atoms with van der Waals surface area (Å²) in [5, 5.41) is 0. The average molecular weight is 141 g/mol. The maximum absolute atomic E-state index is 4.28. The van der Waals surface area contributed by atoms with Gasteiger partial charge in [0.05, 0.1) is 0 Å². The van der Waals surface area contributed by atoms with Gasteiger partial charge >= 0.3 is 0 Å². The van der Waals surface area contributed by atoms with E-state index in [2.05, 4.69) is 25.8 Å². The first kappa shape index (κ1) is 9.67. The zero-order chi connectivity index (χ0) is 7.82. The summed E-state index contributed by atoms with van der Waals surface area (Å²) in [5.74, 6) is 0.613. The Labute approximate surface area is 64.6 Å². The number of hydrogen-bond acceptors (Lipinski definition) is 1. The van der Waals surface area contributed by atoms with Crippen LogP contribution < -0.4 is 0 Å². The van der Waals surface area contributed by atoms with E-state index in [0.29, 0.717) is 5.92 Å². The third-order valence-electron chi connectivity index (χ3n) is 1.29. The molecule has 0 rings (SSSR count). The van der Waals surface area contributed by atoms with E-state index in [0.717, 1.165) is 6.54 Å². The Morgan fingerprint density at radius 1 is 1.30 bits per heavy atom. The molecule has 0 N–H and O–H groups in total. The molecule has 0 aliphatic carbocycles. The highest BCUT2D eigenvalue weighted by molar-refractivity contribution is 5.59. The number of aliphatic imine (C=N–C) groups is 1. The quantitative estimate of drug-likeness (QED) is 0.412. The van der Waals surface area contributed by atoms with Crippen molar-refractivity contribution in [3.8, 4) is 0 Å². The summed E-state index contributed by atoms with van der Waals surface area (Å²) in [6.45, 7) is 7.55. The highest BCUT2D eigenvalue weighted by atomic mass is 14.7. The molecule has 0 aliphatic heterocycles. The van der Waals surface area contributed by atoms with Crippen LogP contribution in [0.15, 0.2) is 4.99 Å². The average Bonchev–Trinajstić information content (AvgIpc) is 1.87. The summed E-state index contributed by atoms with van der Waals surface area (Å²) < 4.78 is 0.